The minimum absolute atomic E-state index is 0.122. The van der Waals surface area contributed by atoms with Crippen LogP contribution in [0.15, 0.2) is 54.7 Å². The number of benzene rings is 2. The number of fused-ring (bicyclic) bond motifs is 2. The quantitative estimate of drug-likeness (QED) is 0.406. The van der Waals surface area contributed by atoms with Gasteiger partial charge in [0.25, 0.3) is 5.69 Å². The molecule has 0 atom stereocenters. The first-order valence-electron chi connectivity index (χ1n) is 8.53. The Balaban J connectivity index is 1.46. The normalized spacial score (nSPS) is 11.3. The highest BCUT2D eigenvalue weighted by atomic mass is 16.6. The summed E-state index contributed by atoms with van der Waals surface area (Å²) in [5, 5.41) is 12.9. The lowest BCUT2D eigenvalue weighted by atomic mass is 10.2. The molecule has 2 heterocycles. The summed E-state index contributed by atoms with van der Waals surface area (Å²) in [6.07, 6.45) is 3.96. The van der Waals surface area contributed by atoms with Gasteiger partial charge in [0.15, 0.2) is 0 Å². The molecule has 0 unspecified atom stereocenters. The minimum Gasteiger partial charge on any atom is -0.497 e. The van der Waals surface area contributed by atoms with Crippen LogP contribution in [0.5, 0.6) is 5.75 Å². The molecule has 6 nitrogen and oxygen atoms in total. The van der Waals surface area contributed by atoms with Crippen molar-refractivity contribution in [1.82, 2.24) is 9.55 Å². The van der Waals surface area contributed by atoms with E-state index in [4.69, 9.17) is 4.74 Å². The van der Waals surface area contributed by atoms with Crippen LogP contribution in [0, 0.1) is 10.1 Å². The molecule has 0 fully saturated rings. The molecular formula is C20H19N3O3. The van der Waals surface area contributed by atoms with Gasteiger partial charge in [-0.3, -0.25) is 10.1 Å². The number of nitro benzene ring substituents is 1. The zero-order valence-corrected chi connectivity index (χ0v) is 14.4. The molecule has 6 heteroatoms. The Morgan fingerprint density at radius 2 is 2.00 bits per heavy atom. The highest BCUT2D eigenvalue weighted by Crippen LogP contribution is 2.24. The largest absolute Gasteiger partial charge is 0.497 e. The number of nitro groups is 1. The van der Waals surface area contributed by atoms with Crippen LogP contribution >= 0.6 is 0 Å². The summed E-state index contributed by atoms with van der Waals surface area (Å²) < 4.78 is 7.51. The second-order valence-electron chi connectivity index (χ2n) is 6.36. The summed E-state index contributed by atoms with van der Waals surface area (Å²) in [6.45, 7) is 0.908. The van der Waals surface area contributed by atoms with Crippen molar-refractivity contribution in [2.75, 3.05) is 7.11 Å². The number of non-ortho nitro benzene ring substituents is 1. The van der Waals surface area contributed by atoms with E-state index in [0.717, 1.165) is 41.7 Å². The van der Waals surface area contributed by atoms with Crippen LogP contribution in [0.1, 0.15) is 12.1 Å². The second-order valence-corrected chi connectivity index (χ2v) is 6.36. The second kappa shape index (κ2) is 6.55. The molecule has 1 N–H and O–H groups in total. The lowest BCUT2D eigenvalue weighted by molar-refractivity contribution is -0.384. The molecule has 0 radical (unpaired) electrons. The van der Waals surface area contributed by atoms with Crippen LogP contribution in [0.25, 0.3) is 21.8 Å². The fourth-order valence-electron chi connectivity index (χ4n) is 3.37. The molecule has 0 spiro atoms. The Hall–Kier alpha value is -3.28. The number of nitrogens with one attached hydrogen (secondary N) is 1. The highest BCUT2D eigenvalue weighted by molar-refractivity contribution is 5.83. The van der Waals surface area contributed by atoms with E-state index in [1.165, 1.54) is 17.0 Å². The van der Waals surface area contributed by atoms with Gasteiger partial charge in [-0.25, -0.2) is 0 Å². The van der Waals surface area contributed by atoms with Crippen molar-refractivity contribution in [3.05, 3.63) is 70.5 Å². The fraction of sp³-hybridized carbons (Fsp3) is 0.200. The summed E-state index contributed by atoms with van der Waals surface area (Å²) in [7, 11) is 1.67. The monoisotopic (exact) mass is 349 g/mol. The molecule has 2 aromatic heterocycles. The first-order valence-corrected chi connectivity index (χ1v) is 8.53. The Morgan fingerprint density at radius 1 is 1.12 bits per heavy atom. The fourth-order valence-corrected chi connectivity index (χ4v) is 3.37. The molecule has 2 aromatic carbocycles. The topological polar surface area (TPSA) is 73.1 Å². The maximum absolute atomic E-state index is 10.9. The molecule has 0 aliphatic heterocycles. The van der Waals surface area contributed by atoms with Gasteiger partial charge in [0.05, 0.1) is 12.0 Å². The molecule has 0 aliphatic rings. The van der Waals surface area contributed by atoms with E-state index < -0.39 is 0 Å². The summed E-state index contributed by atoms with van der Waals surface area (Å²) >= 11 is 0. The number of H-pyrrole nitrogens is 1. The summed E-state index contributed by atoms with van der Waals surface area (Å²) in [6, 6.07) is 15.1. The van der Waals surface area contributed by atoms with Gasteiger partial charge in [-0.15, -0.1) is 0 Å². The number of hydrogen-bond donors (Lipinski definition) is 1. The van der Waals surface area contributed by atoms with Crippen molar-refractivity contribution in [2.24, 2.45) is 0 Å². The number of methoxy groups -OCH3 is 1. The van der Waals surface area contributed by atoms with E-state index in [-0.39, 0.29) is 10.6 Å². The molecule has 4 aromatic rings. The number of rotatable bonds is 6. The van der Waals surface area contributed by atoms with Crippen LogP contribution in [0.3, 0.4) is 0 Å². The number of aromatic nitrogens is 2. The van der Waals surface area contributed by atoms with Crippen LogP contribution in [0.4, 0.5) is 5.69 Å². The summed E-state index contributed by atoms with van der Waals surface area (Å²) in [5.41, 5.74) is 3.35. The molecule has 132 valence electrons. The number of ether oxygens (including phenoxy) is 1. The van der Waals surface area contributed by atoms with Gasteiger partial charge in [-0.05, 0) is 49.2 Å². The van der Waals surface area contributed by atoms with Crippen LogP contribution < -0.4 is 4.74 Å². The number of aromatic amines is 1. The molecule has 26 heavy (non-hydrogen) atoms. The predicted octanol–water partition coefficient (Wildman–Crippen LogP) is 4.67. The van der Waals surface area contributed by atoms with E-state index in [1.54, 1.807) is 19.2 Å². The standard InChI is InChI=1S/C20H19N3O3/c1-26-18-5-7-20-14(13-18)8-10-22(20)9-2-3-16-11-15-12-17(23(24)25)4-6-19(15)21-16/h4-8,10-13,21H,2-3,9H2,1H3. The van der Waals surface area contributed by atoms with Gasteiger partial charge in [-0.1, -0.05) is 0 Å². The van der Waals surface area contributed by atoms with Crippen LogP contribution in [-0.4, -0.2) is 21.6 Å². The minimum atomic E-state index is -0.363. The highest BCUT2D eigenvalue weighted by Gasteiger charge is 2.09. The van der Waals surface area contributed by atoms with Gasteiger partial charge in [-0.2, -0.15) is 0 Å². The van der Waals surface area contributed by atoms with E-state index in [9.17, 15) is 10.1 Å². The summed E-state index contributed by atoms with van der Waals surface area (Å²) in [5.74, 6) is 0.863. The molecule has 0 aliphatic carbocycles. The lowest BCUT2D eigenvalue weighted by Crippen LogP contribution is -1.98. The van der Waals surface area contributed by atoms with Crippen molar-refractivity contribution in [1.29, 1.82) is 0 Å². The van der Waals surface area contributed by atoms with Crippen LogP contribution in [0.2, 0.25) is 0 Å². The summed E-state index contributed by atoms with van der Waals surface area (Å²) in [4.78, 5) is 13.9. The SMILES string of the molecule is COc1ccc2c(ccn2CCCc2cc3cc([N+](=O)[O-])ccc3[nH]2)c1. The lowest BCUT2D eigenvalue weighted by Gasteiger charge is -2.06. The van der Waals surface area contributed by atoms with Gasteiger partial charge in [0.2, 0.25) is 0 Å². The third-order valence-electron chi connectivity index (χ3n) is 4.69. The van der Waals surface area contributed by atoms with Crippen LogP contribution in [-0.2, 0) is 13.0 Å². The molecule has 0 bridgehead atoms. The Kier molecular flexibility index (Phi) is 4.08. The maximum atomic E-state index is 10.9. The van der Waals surface area contributed by atoms with E-state index in [1.807, 2.05) is 18.2 Å². The molecule has 0 amide bonds. The molecule has 0 saturated carbocycles. The number of nitrogens with zero attached hydrogens (tertiary/aromatic N) is 2. The van der Waals surface area contributed by atoms with Crippen molar-refractivity contribution < 1.29 is 9.66 Å². The van der Waals surface area contributed by atoms with Crippen molar-refractivity contribution in [3.63, 3.8) is 0 Å². The maximum Gasteiger partial charge on any atom is 0.270 e. The Bertz CT molecular complexity index is 1090. The van der Waals surface area contributed by atoms with Crippen molar-refractivity contribution >= 4 is 27.5 Å². The van der Waals surface area contributed by atoms with E-state index in [2.05, 4.69) is 27.9 Å². The third-order valence-corrected chi connectivity index (χ3v) is 4.69. The third kappa shape index (κ3) is 3.01. The molecule has 0 saturated heterocycles. The zero-order valence-electron chi connectivity index (χ0n) is 14.4. The Morgan fingerprint density at radius 3 is 2.81 bits per heavy atom. The average molecular weight is 349 g/mol. The van der Waals surface area contributed by atoms with Gasteiger partial charge in [0.1, 0.15) is 5.75 Å². The van der Waals surface area contributed by atoms with E-state index in [0.29, 0.717) is 0 Å². The Labute approximate surface area is 150 Å². The first-order chi connectivity index (χ1) is 12.6. The first kappa shape index (κ1) is 16.2. The molecular weight excluding hydrogens is 330 g/mol. The van der Waals surface area contributed by atoms with Gasteiger partial charge < -0.3 is 14.3 Å². The number of hydrogen-bond acceptors (Lipinski definition) is 3. The smallest absolute Gasteiger partial charge is 0.270 e. The number of aryl methyl sites for hydroxylation is 2. The van der Waals surface area contributed by atoms with Gasteiger partial charge >= 0.3 is 0 Å². The molecule has 4 rings (SSSR count). The van der Waals surface area contributed by atoms with E-state index >= 15 is 0 Å². The zero-order chi connectivity index (χ0) is 18.1. The average Bonchev–Trinajstić information content (AvgIpc) is 3.24. The predicted molar refractivity (Wildman–Crippen MR) is 102 cm³/mol. The van der Waals surface area contributed by atoms with Gasteiger partial charge in [0, 0.05) is 52.4 Å². The van der Waals surface area contributed by atoms with Crippen molar-refractivity contribution in [2.45, 2.75) is 19.4 Å². The van der Waals surface area contributed by atoms with Crippen molar-refractivity contribution in [3.8, 4) is 5.75 Å².